The quantitative estimate of drug-likeness (QED) is 0.895. The van der Waals surface area contributed by atoms with Gasteiger partial charge in [-0.15, -0.1) is 0 Å². The van der Waals surface area contributed by atoms with Gasteiger partial charge in [0.05, 0.1) is 0 Å². The van der Waals surface area contributed by atoms with Crippen LogP contribution in [0.25, 0.3) is 0 Å². The van der Waals surface area contributed by atoms with Gasteiger partial charge in [0.1, 0.15) is 11.1 Å². The Hall–Kier alpha value is -1.49. The maximum absolute atomic E-state index is 12.5. The first-order valence-electron chi connectivity index (χ1n) is 8.81. The summed E-state index contributed by atoms with van der Waals surface area (Å²) in [5, 5.41) is 3.75. The van der Waals surface area contributed by atoms with Crippen molar-refractivity contribution in [3.8, 4) is 5.88 Å². The van der Waals surface area contributed by atoms with E-state index in [2.05, 4.69) is 24.1 Å². The van der Waals surface area contributed by atoms with Crippen molar-refractivity contribution in [3.05, 3.63) is 23.4 Å². The lowest BCUT2D eigenvalue weighted by molar-refractivity contribution is 0.126. The topological polar surface area (TPSA) is 54.5 Å². The average molecular weight is 352 g/mol. The van der Waals surface area contributed by atoms with Gasteiger partial charge in [0.25, 0.3) is 0 Å². The molecule has 132 valence electrons. The third-order valence-corrected chi connectivity index (χ3v) is 5.44. The zero-order valence-corrected chi connectivity index (χ0v) is 15.2. The van der Waals surface area contributed by atoms with Crippen LogP contribution in [0.5, 0.6) is 5.88 Å². The van der Waals surface area contributed by atoms with Crippen LogP contribution in [0.1, 0.15) is 52.4 Å². The Labute approximate surface area is 148 Å². The number of pyridine rings is 1. The fourth-order valence-corrected chi connectivity index (χ4v) is 3.84. The summed E-state index contributed by atoms with van der Waals surface area (Å²) in [7, 11) is 0. The maximum atomic E-state index is 12.5. The molecule has 5 nitrogen and oxygen atoms in total. The number of nitrogens with one attached hydrogen (secondary N) is 1. The third-order valence-electron chi connectivity index (χ3n) is 5.15. The number of likely N-dealkylation sites (tertiary alicyclic amines) is 1. The number of urea groups is 1. The van der Waals surface area contributed by atoms with Crippen molar-refractivity contribution in [2.45, 2.75) is 70.1 Å². The molecule has 1 saturated carbocycles. The monoisotopic (exact) mass is 351 g/mol. The highest BCUT2D eigenvalue weighted by Gasteiger charge is 2.36. The molecule has 24 heavy (non-hydrogen) atoms. The molecule has 1 saturated heterocycles. The molecule has 2 amide bonds. The molecule has 1 aliphatic heterocycles. The molecule has 2 aliphatic rings. The van der Waals surface area contributed by atoms with E-state index in [0.717, 1.165) is 45.1 Å². The van der Waals surface area contributed by atoms with Crippen LogP contribution in [-0.2, 0) is 0 Å². The Morgan fingerprint density at radius 2 is 2.12 bits per heavy atom. The number of carbonyl (C=O) groups is 1. The fraction of sp³-hybridized carbons (Fsp3) is 0.667. The van der Waals surface area contributed by atoms with E-state index in [4.69, 9.17) is 16.3 Å². The Bertz CT molecular complexity index is 585. The molecule has 0 aromatic carbocycles. The van der Waals surface area contributed by atoms with Crippen LogP contribution in [0.15, 0.2) is 18.3 Å². The minimum Gasteiger partial charge on any atom is -0.473 e. The number of aromatic nitrogens is 1. The number of hydrogen-bond acceptors (Lipinski definition) is 3. The van der Waals surface area contributed by atoms with Crippen LogP contribution in [0.2, 0.25) is 5.02 Å². The number of rotatable bonds is 3. The van der Waals surface area contributed by atoms with Gasteiger partial charge < -0.3 is 15.0 Å². The van der Waals surface area contributed by atoms with Gasteiger partial charge >= 0.3 is 6.03 Å². The number of amides is 2. The molecule has 0 unspecified atom stereocenters. The lowest BCUT2D eigenvalue weighted by atomic mass is 9.93. The average Bonchev–Trinajstić information content (AvgIpc) is 2.91. The predicted molar refractivity (Wildman–Crippen MR) is 94.5 cm³/mol. The van der Waals surface area contributed by atoms with Gasteiger partial charge in [0.2, 0.25) is 5.88 Å². The molecule has 1 aromatic heterocycles. The first kappa shape index (κ1) is 17.3. The smallest absolute Gasteiger partial charge is 0.318 e. The van der Waals surface area contributed by atoms with E-state index in [9.17, 15) is 4.79 Å². The Kier molecular flexibility index (Phi) is 5.18. The molecular weight excluding hydrogens is 326 g/mol. The van der Waals surface area contributed by atoms with Crippen LogP contribution in [0.3, 0.4) is 0 Å². The van der Waals surface area contributed by atoms with Crippen molar-refractivity contribution in [3.63, 3.8) is 0 Å². The second-order valence-electron chi connectivity index (χ2n) is 7.40. The van der Waals surface area contributed by atoms with E-state index in [0.29, 0.717) is 10.9 Å². The standard InChI is InChI=1S/C18H26ClN3O2/c1-18(2)10-4-12-22(18)17(23)21-13-6-8-14(9-7-13)24-16-15(19)5-3-11-20-16/h3,5,11,13-14H,4,6-10,12H2,1-2H3,(H,21,23). The van der Waals surface area contributed by atoms with Gasteiger partial charge in [-0.05, 0) is 64.5 Å². The molecule has 0 atom stereocenters. The zero-order valence-electron chi connectivity index (χ0n) is 14.4. The number of carbonyl (C=O) groups excluding carboxylic acids is 1. The summed E-state index contributed by atoms with van der Waals surface area (Å²) >= 11 is 6.09. The molecule has 1 aromatic rings. The molecule has 3 rings (SSSR count). The van der Waals surface area contributed by atoms with Gasteiger partial charge in [0, 0.05) is 24.3 Å². The van der Waals surface area contributed by atoms with E-state index in [1.807, 2.05) is 4.90 Å². The molecule has 0 bridgehead atoms. The van der Waals surface area contributed by atoms with Gasteiger partial charge in [0.15, 0.2) is 0 Å². The number of halogens is 1. The molecular formula is C18H26ClN3O2. The van der Waals surface area contributed by atoms with Crippen molar-refractivity contribution in [2.24, 2.45) is 0 Å². The van der Waals surface area contributed by atoms with E-state index >= 15 is 0 Å². The first-order chi connectivity index (χ1) is 11.5. The molecule has 2 heterocycles. The summed E-state index contributed by atoms with van der Waals surface area (Å²) < 4.78 is 5.91. The van der Waals surface area contributed by atoms with Crippen LogP contribution < -0.4 is 10.1 Å². The first-order valence-corrected chi connectivity index (χ1v) is 9.19. The zero-order chi connectivity index (χ0) is 17.2. The highest BCUT2D eigenvalue weighted by Crippen LogP contribution is 2.30. The SMILES string of the molecule is CC1(C)CCCN1C(=O)NC1CCC(Oc2ncccc2Cl)CC1. The summed E-state index contributed by atoms with van der Waals surface area (Å²) in [6.45, 7) is 5.14. The second kappa shape index (κ2) is 7.18. The van der Waals surface area contributed by atoms with Gasteiger partial charge in [-0.1, -0.05) is 11.6 Å². The van der Waals surface area contributed by atoms with Crippen molar-refractivity contribution in [1.29, 1.82) is 0 Å². The predicted octanol–water partition coefficient (Wildman–Crippen LogP) is 4.01. The van der Waals surface area contributed by atoms with Gasteiger partial charge in [-0.3, -0.25) is 0 Å². The maximum Gasteiger partial charge on any atom is 0.318 e. The minimum absolute atomic E-state index is 0.0277. The van der Waals surface area contributed by atoms with Crippen LogP contribution in [0, 0.1) is 0 Å². The molecule has 1 N–H and O–H groups in total. The molecule has 0 spiro atoms. The van der Waals surface area contributed by atoms with Gasteiger partial charge in [-0.25, -0.2) is 9.78 Å². The molecule has 1 aliphatic carbocycles. The third kappa shape index (κ3) is 3.94. The van der Waals surface area contributed by atoms with E-state index in [1.54, 1.807) is 18.3 Å². The lowest BCUT2D eigenvalue weighted by Gasteiger charge is -2.35. The molecule has 6 heteroatoms. The highest BCUT2D eigenvalue weighted by atomic mass is 35.5. The number of ether oxygens (including phenoxy) is 1. The Morgan fingerprint density at radius 1 is 1.38 bits per heavy atom. The number of nitrogens with zero attached hydrogens (tertiary/aromatic N) is 2. The van der Waals surface area contributed by atoms with Crippen LogP contribution >= 0.6 is 11.6 Å². The number of hydrogen-bond donors (Lipinski definition) is 1. The summed E-state index contributed by atoms with van der Waals surface area (Å²) in [6.07, 6.45) is 7.63. The van der Waals surface area contributed by atoms with Crippen LogP contribution in [0.4, 0.5) is 4.79 Å². The van der Waals surface area contributed by atoms with Crippen molar-refractivity contribution < 1.29 is 9.53 Å². The summed E-state index contributed by atoms with van der Waals surface area (Å²) in [5.74, 6) is 0.505. The molecule has 0 radical (unpaired) electrons. The largest absolute Gasteiger partial charge is 0.473 e. The lowest BCUT2D eigenvalue weighted by Crippen LogP contribution is -2.51. The van der Waals surface area contributed by atoms with Crippen LogP contribution in [-0.4, -0.2) is 40.1 Å². The second-order valence-corrected chi connectivity index (χ2v) is 7.81. The molecule has 2 fully saturated rings. The summed E-state index contributed by atoms with van der Waals surface area (Å²) in [6, 6.07) is 3.89. The Balaban J connectivity index is 1.47. The minimum atomic E-state index is -0.0277. The summed E-state index contributed by atoms with van der Waals surface area (Å²) in [5.41, 5.74) is -0.0277. The highest BCUT2D eigenvalue weighted by molar-refractivity contribution is 6.31. The van der Waals surface area contributed by atoms with Crippen molar-refractivity contribution in [1.82, 2.24) is 15.2 Å². The van der Waals surface area contributed by atoms with E-state index in [-0.39, 0.29) is 23.7 Å². The van der Waals surface area contributed by atoms with Gasteiger partial charge in [-0.2, -0.15) is 0 Å². The van der Waals surface area contributed by atoms with E-state index in [1.165, 1.54) is 0 Å². The Morgan fingerprint density at radius 3 is 2.75 bits per heavy atom. The fourth-order valence-electron chi connectivity index (χ4n) is 3.68. The summed E-state index contributed by atoms with van der Waals surface area (Å²) in [4.78, 5) is 18.7. The van der Waals surface area contributed by atoms with E-state index < -0.39 is 0 Å². The normalized spacial score (nSPS) is 26.2. The van der Waals surface area contributed by atoms with Crippen molar-refractivity contribution in [2.75, 3.05) is 6.54 Å². The van der Waals surface area contributed by atoms with Crippen molar-refractivity contribution >= 4 is 17.6 Å².